The van der Waals surface area contributed by atoms with Gasteiger partial charge >= 0.3 is 0 Å². The zero-order valence-corrected chi connectivity index (χ0v) is 7.59. The highest BCUT2D eigenvalue weighted by molar-refractivity contribution is 5.97. The summed E-state index contributed by atoms with van der Waals surface area (Å²) in [6.45, 7) is -0.0924. The number of carbonyl (C=O) groups is 1. The largest absolute Gasteiger partial charge is 0.485 e. The standard InChI is InChI=1S/C10H7F2NO2/c11-7-2-5-1-6(10(13)14)4-15-9(5)8(12)3-7/h1-3H,4H2,(H2,13,14). The van der Waals surface area contributed by atoms with Crippen LogP contribution in [-0.4, -0.2) is 12.5 Å². The molecule has 3 nitrogen and oxygen atoms in total. The van der Waals surface area contributed by atoms with Gasteiger partial charge in [0.1, 0.15) is 12.4 Å². The molecule has 0 saturated heterocycles. The zero-order valence-electron chi connectivity index (χ0n) is 7.59. The lowest BCUT2D eigenvalue weighted by atomic mass is 10.1. The van der Waals surface area contributed by atoms with Gasteiger partial charge in [0.25, 0.3) is 0 Å². The molecule has 5 heteroatoms. The monoisotopic (exact) mass is 211 g/mol. The highest BCUT2D eigenvalue weighted by Crippen LogP contribution is 2.29. The summed E-state index contributed by atoms with van der Waals surface area (Å²) in [6.07, 6.45) is 1.33. The Morgan fingerprint density at radius 1 is 1.40 bits per heavy atom. The van der Waals surface area contributed by atoms with Gasteiger partial charge in [-0.1, -0.05) is 0 Å². The lowest BCUT2D eigenvalue weighted by Crippen LogP contribution is -2.21. The molecular formula is C10H7F2NO2. The highest BCUT2D eigenvalue weighted by Gasteiger charge is 2.19. The summed E-state index contributed by atoms with van der Waals surface area (Å²) in [5.41, 5.74) is 5.40. The van der Waals surface area contributed by atoms with Crippen LogP contribution in [0.3, 0.4) is 0 Å². The van der Waals surface area contributed by atoms with Crippen LogP contribution in [0.25, 0.3) is 6.08 Å². The minimum absolute atomic E-state index is 0.0543. The van der Waals surface area contributed by atoms with Crippen LogP contribution in [0.15, 0.2) is 17.7 Å². The van der Waals surface area contributed by atoms with Gasteiger partial charge in [0.2, 0.25) is 5.91 Å². The van der Waals surface area contributed by atoms with Gasteiger partial charge in [-0.15, -0.1) is 0 Å². The van der Waals surface area contributed by atoms with E-state index >= 15 is 0 Å². The van der Waals surface area contributed by atoms with Crippen molar-refractivity contribution in [1.82, 2.24) is 0 Å². The van der Waals surface area contributed by atoms with Crippen LogP contribution >= 0.6 is 0 Å². The summed E-state index contributed by atoms with van der Waals surface area (Å²) in [6, 6.07) is 1.81. The number of halogens is 2. The molecule has 1 aromatic carbocycles. The number of hydrogen-bond acceptors (Lipinski definition) is 2. The molecule has 0 atom stereocenters. The van der Waals surface area contributed by atoms with Crippen LogP contribution in [0, 0.1) is 11.6 Å². The Labute approximate surface area is 84.1 Å². The van der Waals surface area contributed by atoms with Crippen molar-refractivity contribution in [3.63, 3.8) is 0 Å². The number of benzene rings is 1. The first-order valence-corrected chi connectivity index (χ1v) is 4.20. The number of amides is 1. The molecule has 0 spiro atoms. The van der Waals surface area contributed by atoms with E-state index in [0.29, 0.717) is 0 Å². The Hall–Kier alpha value is -1.91. The van der Waals surface area contributed by atoms with Crippen molar-refractivity contribution < 1.29 is 18.3 Å². The number of fused-ring (bicyclic) bond motifs is 1. The quantitative estimate of drug-likeness (QED) is 0.759. The fourth-order valence-electron chi connectivity index (χ4n) is 1.36. The molecule has 0 aromatic heterocycles. The van der Waals surface area contributed by atoms with E-state index in [1.807, 2.05) is 0 Å². The van der Waals surface area contributed by atoms with Crippen LogP contribution in [0.2, 0.25) is 0 Å². The van der Waals surface area contributed by atoms with E-state index < -0.39 is 17.5 Å². The summed E-state index contributed by atoms with van der Waals surface area (Å²) >= 11 is 0. The second kappa shape index (κ2) is 3.34. The predicted molar refractivity (Wildman–Crippen MR) is 49.0 cm³/mol. The normalized spacial score (nSPS) is 13.9. The molecule has 2 N–H and O–H groups in total. The van der Waals surface area contributed by atoms with Gasteiger partial charge < -0.3 is 10.5 Å². The van der Waals surface area contributed by atoms with Crippen LogP contribution < -0.4 is 10.5 Å². The van der Waals surface area contributed by atoms with Crippen molar-refractivity contribution in [3.05, 3.63) is 34.9 Å². The zero-order chi connectivity index (χ0) is 11.0. The van der Waals surface area contributed by atoms with Crippen LogP contribution in [0.5, 0.6) is 5.75 Å². The van der Waals surface area contributed by atoms with Gasteiger partial charge in [0.05, 0.1) is 5.57 Å². The minimum atomic E-state index is -0.787. The summed E-state index contributed by atoms with van der Waals surface area (Å²) < 4.78 is 31.0. The number of rotatable bonds is 1. The molecule has 1 heterocycles. The van der Waals surface area contributed by atoms with E-state index in [9.17, 15) is 13.6 Å². The first-order chi connectivity index (χ1) is 7.08. The first kappa shape index (κ1) is 9.64. The van der Waals surface area contributed by atoms with E-state index in [1.165, 1.54) is 6.08 Å². The smallest absolute Gasteiger partial charge is 0.248 e. The molecule has 1 amide bonds. The third kappa shape index (κ3) is 1.68. The third-order valence-corrected chi connectivity index (χ3v) is 2.06. The van der Waals surface area contributed by atoms with Crippen LogP contribution in [-0.2, 0) is 4.79 Å². The summed E-state index contributed by atoms with van der Waals surface area (Å²) in [4.78, 5) is 10.8. The van der Waals surface area contributed by atoms with Gasteiger partial charge in [0, 0.05) is 11.6 Å². The van der Waals surface area contributed by atoms with Gasteiger partial charge in [0.15, 0.2) is 11.6 Å². The van der Waals surface area contributed by atoms with Crippen LogP contribution in [0.4, 0.5) is 8.78 Å². The number of carbonyl (C=O) groups excluding carboxylic acids is 1. The molecule has 0 radical (unpaired) electrons. The number of ether oxygens (including phenoxy) is 1. The average Bonchev–Trinajstić information content (AvgIpc) is 2.16. The van der Waals surface area contributed by atoms with Gasteiger partial charge in [-0.25, -0.2) is 8.78 Å². The van der Waals surface area contributed by atoms with E-state index in [1.54, 1.807) is 0 Å². The van der Waals surface area contributed by atoms with Gasteiger partial charge in [-0.2, -0.15) is 0 Å². The van der Waals surface area contributed by atoms with E-state index in [0.717, 1.165) is 12.1 Å². The molecule has 1 aliphatic heterocycles. The molecule has 0 bridgehead atoms. The predicted octanol–water partition coefficient (Wildman–Crippen LogP) is 1.23. The van der Waals surface area contributed by atoms with Crippen LogP contribution in [0.1, 0.15) is 5.56 Å². The van der Waals surface area contributed by atoms with Crippen molar-refractivity contribution >= 4 is 12.0 Å². The Morgan fingerprint density at radius 3 is 2.80 bits per heavy atom. The lowest BCUT2D eigenvalue weighted by Gasteiger charge is -2.16. The molecule has 78 valence electrons. The maximum absolute atomic E-state index is 13.1. The second-order valence-electron chi connectivity index (χ2n) is 3.13. The van der Waals surface area contributed by atoms with E-state index in [4.69, 9.17) is 10.5 Å². The molecular weight excluding hydrogens is 204 g/mol. The number of primary amides is 1. The number of nitrogens with two attached hydrogens (primary N) is 1. The Bertz CT molecular complexity index is 469. The van der Waals surface area contributed by atoms with Gasteiger partial charge in [-0.05, 0) is 12.1 Å². The molecule has 15 heavy (non-hydrogen) atoms. The number of hydrogen-bond donors (Lipinski definition) is 1. The second-order valence-corrected chi connectivity index (χ2v) is 3.13. The summed E-state index contributed by atoms with van der Waals surface area (Å²) in [7, 11) is 0. The fraction of sp³-hybridized carbons (Fsp3) is 0.100. The molecule has 1 aromatic rings. The molecule has 2 rings (SSSR count). The first-order valence-electron chi connectivity index (χ1n) is 4.20. The van der Waals surface area contributed by atoms with Crippen molar-refractivity contribution in [3.8, 4) is 5.75 Å². The highest BCUT2D eigenvalue weighted by atomic mass is 19.1. The Kier molecular flexibility index (Phi) is 2.15. The molecule has 1 aliphatic rings. The third-order valence-electron chi connectivity index (χ3n) is 2.06. The van der Waals surface area contributed by atoms with Crippen molar-refractivity contribution in [2.24, 2.45) is 5.73 Å². The molecule has 0 unspecified atom stereocenters. The van der Waals surface area contributed by atoms with Crippen molar-refractivity contribution in [2.45, 2.75) is 0 Å². The lowest BCUT2D eigenvalue weighted by molar-refractivity contribution is -0.114. The Balaban J connectivity index is 2.54. The Morgan fingerprint density at radius 2 is 2.13 bits per heavy atom. The average molecular weight is 211 g/mol. The fourth-order valence-corrected chi connectivity index (χ4v) is 1.36. The minimum Gasteiger partial charge on any atom is -0.485 e. The molecule has 0 fully saturated rings. The van der Waals surface area contributed by atoms with E-state index in [2.05, 4.69) is 0 Å². The molecule has 0 aliphatic carbocycles. The SMILES string of the molecule is NC(=O)C1=Cc2cc(F)cc(F)c2OC1. The topological polar surface area (TPSA) is 52.3 Å². The van der Waals surface area contributed by atoms with Gasteiger partial charge in [-0.3, -0.25) is 4.79 Å². The molecule has 0 saturated carbocycles. The van der Waals surface area contributed by atoms with E-state index in [-0.39, 0.29) is 23.5 Å². The summed E-state index contributed by atoms with van der Waals surface area (Å²) in [5.74, 6) is -2.23. The summed E-state index contributed by atoms with van der Waals surface area (Å²) in [5, 5.41) is 0. The van der Waals surface area contributed by atoms with Crippen molar-refractivity contribution in [1.29, 1.82) is 0 Å². The maximum Gasteiger partial charge on any atom is 0.248 e. The maximum atomic E-state index is 13.1. The van der Waals surface area contributed by atoms with Crippen molar-refractivity contribution in [2.75, 3.05) is 6.61 Å².